The first kappa shape index (κ1) is 16.8. The third kappa shape index (κ3) is 2.40. The van der Waals surface area contributed by atoms with Crippen LogP contribution in [-0.4, -0.2) is 0 Å². The van der Waals surface area contributed by atoms with Gasteiger partial charge in [-0.2, -0.15) is 0 Å². The average Bonchev–Trinajstić information content (AvgIpc) is 2.97. The summed E-state index contributed by atoms with van der Waals surface area (Å²) in [5.41, 5.74) is 17.4. The molecule has 1 heteroatoms. The number of hydrogen-bond acceptors (Lipinski definition) is 1. The summed E-state index contributed by atoms with van der Waals surface area (Å²) in [4.78, 5) is 0. The summed E-state index contributed by atoms with van der Waals surface area (Å²) < 4.78 is 0. The van der Waals surface area contributed by atoms with E-state index >= 15 is 0 Å². The topological polar surface area (TPSA) is 26.0 Å². The van der Waals surface area contributed by atoms with Crippen LogP contribution in [0.25, 0.3) is 33.4 Å². The lowest BCUT2D eigenvalue weighted by Crippen LogP contribution is -2.16. The molecular formula is C27H23N. The Morgan fingerprint density at radius 1 is 0.571 bits per heavy atom. The summed E-state index contributed by atoms with van der Waals surface area (Å²) >= 11 is 0. The molecule has 0 heterocycles. The molecule has 0 fully saturated rings. The van der Waals surface area contributed by atoms with E-state index in [1.54, 1.807) is 0 Å². The van der Waals surface area contributed by atoms with Crippen molar-refractivity contribution in [2.75, 3.05) is 5.73 Å². The van der Waals surface area contributed by atoms with Gasteiger partial charge < -0.3 is 5.73 Å². The lowest BCUT2D eigenvalue weighted by atomic mass is 9.78. The largest absolute Gasteiger partial charge is 0.398 e. The molecule has 1 aliphatic carbocycles. The average molecular weight is 361 g/mol. The number of nitrogens with two attached hydrogens (primary N) is 1. The van der Waals surface area contributed by atoms with Gasteiger partial charge in [0.2, 0.25) is 0 Å². The molecule has 0 spiro atoms. The van der Waals surface area contributed by atoms with Gasteiger partial charge in [-0.15, -0.1) is 0 Å². The second-order valence-corrected chi connectivity index (χ2v) is 8.07. The Labute approximate surface area is 166 Å². The van der Waals surface area contributed by atoms with E-state index in [-0.39, 0.29) is 5.41 Å². The number of fused-ring (bicyclic) bond motifs is 3. The monoisotopic (exact) mass is 361 g/mol. The third-order valence-corrected chi connectivity index (χ3v) is 6.03. The molecule has 5 rings (SSSR count). The van der Waals surface area contributed by atoms with Crippen LogP contribution in [-0.2, 0) is 5.41 Å². The molecule has 0 atom stereocenters. The van der Waals surface area contributed by atoms with Crippen molar-refractivity contribution in [3.05, 3.63) is 102 Å². The Hall–Kier alpha value is -3.32. The number of hydrogen-bond donors (Lipinski definition) is 1. The Kier molecular flexibility index (Phi) is 3.67. The van der Waals surface area contributed by atoms with Crippen molar-refractivity contribution in [1.82, 2.24) is 0 Å². The Bertz CT molecular complexity index is 1190. The highest BCUT2D eigenvalue weighted by Gasteiger charge is 2.37. The molecule has 4 aromatic carbocycles. The molecule has 0 saturated heterocycles. The van der Waals surface area contributed by atoms with Gasteiger partial charge in [-0.1, -0.05) is 98.8 Å². The van der Waals surface area contributed by atoms with Gasteiger partial charge in [0.05, 0.1) is 0 Å². The first-order valence-corrected chi connectivity index (χ1v) is 9.76. The highest BCUT2D eigenvalue weighted by molar-refractivity contribution is 5.91. The van der Waals surface area contributed by atoms with Gasteiger partial charge in [-0.25, -0.2) is 0 Å². The van der Waals surface area contributed by atoms with Crippen molar-refractivity contribution < 1.29 is 0 Å². The van der Waals surface area contributed by atoms with E-state index in [1.807, 2.05) is 6.07 Å². The normalized spacial score (nSPS) is 13.8. The fourth-order valence-corrected chi connectivity index (χ4v) is 4.69. The van der Waals surface area contributed by atoms with Crippen LogP contribution in [0, 0.1) is 0 Å². The zero-order valence-electron chi connectivity index (χ0n) is 16.2. The van der Waals surface area contributed by atoms with Crippen LogP contribution in [0.1, 0.15) is 25.0 Å². The van der Waals surface area contributed by atoms with Gasteiger partial charge in [0, 0.05) is 16.7 Å². The zero-order valence-corrected chi connectivity index (χ0v) is 16.2. The highest BCUT2D eigenvalue weighted by atomic mass is 14.6. The number of anilines is 1. The maximum absolute atomic E-state index is 6.58. The van der Waals surface area contributed by atoms with Crippen LogP contribution < -0.4 is 5.73 Å². The smallest absolute Gasteiger partial charge is 0.0400 e. The van der Waals surface area contributed by atoms with Crippen molar-refractivity contribution in [1.29, 1.82) is 0 Å². The summed E-state index contributed by atoms with van der Waals surface area (Å²) in [7, 11) is 0. The van der Waals surface area contributed by atoms with Gasteiger partial charge in [-0.05, 0) is 45.0 Å². The molecule has 0 radical (unpaired) electrons. The maximum atomic E-state index is 6.58. The molecule has 0 saturated carbocycles. The molecule has 0 aliphatic heterocycles. The molecule has 0 amide bonds. The Morgan fingerprint density at radius 3 is 1.96 bits per heavy atom. The van der Waals surface area contributed by atoms with Crippen LogP contribution in [0.5, 0.6) is 0 Å². The van der Waals surface area contributed by atoms with Crippen molar-refractivity contribution in [3.8, 4) is 33.4 Å². The molecule has 136 valence electrons. The molecular weight excluding hydrogens is 338 g/mol. The van der Waals surface area contributed by atoms with E-state index in [0.29, 0.717) is 0 Å². The van der Waals surface area contributed by atoms with E-state index in [0.717, 1.165) is 16.8 Å². The quantitative estimate of drug-likeness (QED) is 0.386. The van der Waals surface area contributed by atoms with E-state index in [1.165, 1.54) is 33.4 Å². The fraction of sp³-hybridized carbons (Fsp3) is 0.111. The molecule has 1 aliphatic rings. The zero-order chi connectivity index (χ0) is 19.3. The first-order valence-electron chi connectivity index (χ1n) is 9.76. The van der Waals surface area contributed by atoms with Gasteiger partial charge >= 0.3 is 0 Å². The third-order valence-electron chi connectivity index (χ3n) is 6.03. The summed E-state index contributed by atoms with van der Waals surface area (Å²) in [6.07, 6.45) is 0. The summed E-state index contributed by atoms with van der Waals surface area (Å²) in [5.74, 6) is 0. The number of nitrogen functional groups attached to an aromatic ring is 1. The second kappa shape index (κ2) is 6.10. The van der Waals surface area contributed by atoms with E-state index < -0.39 is 0 Å². The Morgan fingerprint density at radius 2 is 1.21 bits per heavy atom. The van der Waals surface area contributed by atoms with Crippen LogP contribution in [0.3, 0.4) is 0 Å². The fourth-order valence-electron chi connectivity index (χ4n) is 4.69. The molecule has 28 heavy (non-hydrogen) atoms. The van der Waals surface area contributed by atoms with Crippen molar-refractivity contribution >= 4 is 5.69 Å². The maximum Gasteiger partial charge on any atom is 0.0400 e. The van der Waals surface area contributed by atoms with Gasteiger partial charge in [0.25, 0.3) is 0 Å². The van der Waals surface area contributed by atoms with E-state index in [9.17, 15) is 0 Å². The van der Waals surface area contributed by atoms with Gasteiger partial charge in [0.1, 0.15) is 0 Å². The molecule has 4 aromatic rings. The number of rotatable bonds is 2. The van der Waals surface area contributed by atoms with Crippen molar-refractivity contribution in [3.63, 3.8) is 0 Å². The second-order valence-electron chi connectivity index (χ2n) is 8.07. The minimum atomic E-state index is -0.0486. The molecule has 0 aromatic heterocycles. The molecule has 0 bridgehead atoms. The lowest BCUT2D eigenvalue weighted by Gasteiger charge is -2.25. The van der Waals surface area contributed by atoms with Crippen molar-refractivity contribution in [2.45, 2.75) is 19.3 Å². The highest BCUT2D eigenvalue weighted by Crippen LogP contribution is 2.52. The standard InChI is InChI=1S/C27H23N/c1-27(2)24-14-7-6-11-20(24)22-12-8-13-23(26(22)27)21-16-15-19(17-25(21)28)18-9-4-3-5-10-18/h3-17H,28H2,1-2H3. The molecule has 1 nitrogen and oxygen atoms in total. The van der Waals surface area contributed by atoms with E-state index in [4.69, 9.17) is 5.73 Å². The van der Waals surface area contributed by atoms with Crippen LogP contribution in [0.2, 0.25) is 0 Å². The Balaban J connectivity index is 1.69. The minimum absolute atomic E-state index is 0.0486. The van der Waals surface area contributed by atoms with Crippen LogP contribution in [0.4, 0.5) is 5.69 Å². The first-order chi connectivity index (χ1) is 13.6. The predicted molar refractivity (Wildman–Crippen MR) is 119 cm³/mol. The number of benzene rings is 4. The van der Waals surface area contributed by atoms with Gasteiger partial charge in [-0.3, -0.25) is 0 Å². The lowest BCUT2D eigenvalue weighted by molar-refractivity contribution is 0.662. The predicted octanol–water partition coefficient (Wildman–Crippen LogP) is 6.91. The SMILES string of the molecule is CC1(C)c2ccccc2-c2cccc(-c3ccc(-c4ccccc4)cc3N)c21. The van der Waals surface area contributed by atoms with Gasteiger partial charge in [0.15, 0.2) is 0 Å². The summed E-state index contributed by atoms with van der Waals surface area (Å²) in [5, 5.41) is 0. The molecule has 0 unspecified atom stereocenters. The van der Waals surface area contributed by atoms with Crippen LogP contribution in [0.15, 0.2) is 91.0 Å². The van der Waals surface area contributed by atoms with Crippen LogP contribution >= 0.6 is 0 Å². The van der Waals surface area contributed by atoms with Crippen molar-refractivity contribution in [2.24, 2.45) is 0 Å². The minimum Gasteiger partial charge on any atom is -0.398 e. The summed E-state index contributed by atoms with van der Waals surface area (Å²) in [6, 6.07) is 32.2. The van der Waals surface area contributed by atoms with E-state index in [2.05, 4.69) is 98.8 Å². The summed E-state index contributed by atoms with van der Waals surface area (Å²) in [6.45, 7) is 4.63. The molecule has 2 N–H and O–H groups in total.